The molecule has 0 radical (unpaired) electrons. The minimum atomic E-state index is -0.246. The monoisotopic (exact) mass is 242 g/mol. The summed E-state index contributed by atoms with van der Waals surface area (Å²) in [6.45, 7) is 0.384. The van der Waals surface area contributed by atoms with E-state index >= 15 is 0 Å². The fraction of sp³-hybridized carbons (Fsp3) is 0.0714. The number of nitrogens with one attached hydrogen (secondary N) is 1. The van der Waals surface area contributed by atoms with Gasteiger partial charge in [0.05, 0.1) is 6.20 Å². The molecule has 0 unspecified atom stereocenters. The van der Waals surface area contributed by atoms with E-state index in [1.807, 2.05) is 18.3 Å². The average molecular weight is 242 g/mol. The zero-order valence-corrected chi connectivity index (χ0v) is 9.56. The Labute approximate surface area is 103 Å². The van der Waals surface area contributed by atoms with Crippen molar-refractivity contribution >= 4 is 10.9 Å². The SMILES string of the molecule is Fc1ccc2[nH]cc(COc3cccnc3)c2c1. The number of halogens is 1. The third-order valence-electron chi connectivity index (χ3n) is 2.76. The highest BCUT2D eigenvalue weighted by Crippen LogP contribution is 2.21. The van der Waals surface area contributed by atoms with E-state index < -0.39 is 0 Å². The van der Waals surface area contributed by atoms with Gasteiger partial charge in [-0.05, 0) is 30.3 Å². The number of ether oxygens (including phenoxy) is 1. The van der Waals surface area contributed by atoms with E-state index in [1.165, 1.54) is 12.1 Å². The molecule has 2 aromatic heterocycles. The lowest BCUT2D eigenvalue weighted by Crippen LogP contribution is -1.94. The Balaban J connectivity index is 1.85. The molecular weight excluding hydrogens is 231 g/mol. The molecule has 4 heteroatoms. The molecule has 3 nitrogen and oxygen atoms in total. The number of fused-ring (bicyclic) bond motifs is 1. The van der Waals surface area contributed by atoms with E-state index in [0.29, 0.717) is 12.4 Å². The molecule has 0 saturated heterocycles. The number of hydrogen-bond acceptors (Lipinski definition) is 2. The van der Waals surface area contributed by atoms with E-state index in [-0.39, 0.29) is 5.82 Å². The second-order valence-corrected chi connectivity index (χ2v) is 3.98. The van der Waals surface area contributed by atoms with Crippen molar-refractivity contribution in [3.05, 3.63) is 60.3 Å². The predicted molar refractivity (Wildman–Crippen MR) is 66.8 cm³/mol. The molecule has 0 saturated carbocycles. The number of nitrogens with zero attached hydrogens (tertiary/aromatic N) is 1. The molecule has 2 heterocycles. The van der Waals surface area contributed by atoms with Crippen LogP contribution >= 0.6 is 0 Å². The summed E-state index contributed by atoms with van der Waals surface area (Å²) in [5, 5.41) is 0.846. The van der Waals surface area contributed by atoms with Crippen molar-refractivity contribution in [2.45, 2.75) is 6.61 Å². The number of H-pyrrole nitrogens is 1. The molecule has 3 rings (SSSR count). The second-order valence-electron chi connectivity index (χ2n) is 3.98. The standard InChI is InChI=1S/C14H11FN2O/c15-11-3-4-14-13(6-11)10(7-17-14)9-18-12-2-1-5-16-8-12/h1-8,17H,9H2. The third-order valence-corrected chi connectivity index (χ3v) is 2.76. The van der Waals surface area contributed by atoms with Gasteiger partial charge in [0.1, 0.15) is 18.2 Å². The Hall–Kier alpha value is -2.36. The molecule has 3 aromatic rings. The van der Waals surface area contributed by atoms with Gasteiger partial charge in [-0.15, -0.1) is 0 Å². The van der Waals surface area contributed by atoms with Crippen LogP contribution < -0.4 is 4.74 Å². The number of benzene rings is 1. The molecule has 0 atom stereocenters. The first-order valence-corrected chi connectivity index (χ1v) is 5.61. The average Bonchev–Trinajstić information content (AvgIpc) is 2.80. The summed E-state index contributed by atoms with van der Waals surface area (Å²) in [5.74, 6) is 0.452. The largest absolute Gasteiger partial charge is 0.487 e. The summed E-state index contributed by atoms with van der Waals surface area (Å²) in [6.07, 6.45) is 5.17. The molecule has 1 N–H and O–H groups in total. The van der Waals surface area contributed by atoms with Gasteiger partial charge in [-0.1, -0.05) is 0 Å². The van der Waals surface area contributed by atoms with Crippen LogP contribution in [0.25, 0.3) is 10.9 Å². The van der Waals surface area contributed by atoms with Gasteiger partial charge in [0.2, 0.25) is 0 Å². The molecule has 90 valence electrons. The van der Waals surface area contributed by atoms with Crippen LogP contribution in [0.5, 0.6) is 5.75 Å². The Morgan fingerprint density at radius 2 is 2.22 bits per heavy atom. The molecular formula is C14H11FN2O. The first-order chi connectivity index (χ1) is 8.83. The number of aromatic amines is 1. The van der Waals surface area contributed by atoms with Crippen molar-refractivity contribution in [2.24, 2.45) is 0 Å². The zero-order chi connectivity index (χ0) is 12.4. The molecule has 1 aromatic carbocycles. The first kappa shape index (κ1) is 10.8. The van der Waals surface area contributed by atoms with Gasteiger partial charge in [0.25, 0.3) is 0 Å². The van der Waals surface area contributed by atoms with Crippen LogP contribution in [0.4, 0.5) is 4.39 Å². The van der Waals surface area contributed by atoms with Crippen LogP contribution in [0.3, 0.4) is 0 Å². The Bertz CT molecular complexity index is 664. The quantitative estimate of drug-likeness (QED) is 0.765. The van der Waals surface area contributed by atoms with Crippen LogP contribution in [0.2, 0.25) is 0 Å². The third kappa shape index (κ3) is 2.05. The molecule has 0 aliphatic rings. The molecule has 0 bridgehead atoms. The van der Waals surface area contributed by atoms with Crippen molar-refractivity contribution < 1.29 is 9.13 Å². The van der Waals surface area contributed by atoms with Gasteiger partial charge >= 0.3 is 0 Å². The maximum Gasteiger partial charge on any atom is 0.138 e. The van der Waals surface area contributed by atoms with Crippen molar-refractivity contribution in [3.63, 3.8) is 0 Å². The molecule has 0 fully saturated rings. The summed E-state index contributed by atoms with van der Waals surface area (Å²) >= 11 is 0. The van der Waals surface area contributed by atoms with Crippen molar-refractivity contribution in [3.8, 4) is 5.75 Å². The number of rotatable bonds is 3. The Morgan fingerprint density at radius 3 is 3.06 bits per heavy atom. The fourth-order valence-corrected chi connectivity index (χ4v) is 1.86. The van der Waals surface area contributed by atoms with Gasteiger partial charge in [-0.3, -0.25) is 4.98 Å². The van der Waals surface area contributed by atoms with Crippen molar-refractivity contribution in [1.82, 2.24) is 9.97 Å². The smallest absolute Gasteiger partial charge is 0.138 e. The van der Waals surface area contributed by atoms with Crippen LogP contribution in [0, 0.1) is 5.82 Å². The Kier molecular flexibility index (Phi) is 2.68. The minimum absolute atomic E-state index is 0.246. The molecule has 0 amide bonds. The maximum atomic E-state index is 13.2. The van der Waals surface area contributed by atoms with Crippen molar-refractivity contribution in [2.75, 3.05) is 0 Å². The van der Waals surface area contributed by atoms with E-state index in [9.17, 15) is 4.39 Å². The second kappa shape index (κ2) is 4.49. The van der Waals surface area contributed by atoms with E-state index in [0.717, 1.165) is 16.5 Å². The molecule has 0 aliphatic carbocycles. The highest BCUT2D eigenvalue weighted by Gasteiger charge is 2.05. The lowest BCUT2D eigenvalue weighted by atomic mass is 10.2. The van der Waals surface area contributed by atoms with E-state index in [2.05, 4.69) is 9.97 Å². The lowest BCUT2D eigenvalue weighted by Gasteiger charge is -2.04. The first-order valence-electron chi connectivity index (χ1n) is 5.61. The summed E-state index contributed by atoms with van der Waals surface area (Å²) in [5.41, 5.74) is 1.83. The lowest BCUT2D eigenvalue weighted by molar-refractivity contribution is 0.306. The highest BCUT2D eigenvalue weighted by atomic mass is 19.1. The summed E-state index contributed by atoms with van der Waals surface area (Å²) in [7, 11) is 0. The van der Waals surface area contributed by atoms with Crippen LogP contribution in [-0.2, 0) is 6.61 Å². The number of pyridine rings is 1. The van der Waals surface area contributed by atoms with Crippen LogP contribution in [-0.4, -0.2) is 9.97 Å². The normalized spacial score (nSPS) is 10.7. The minimum Gasteiger partial charge on any atom is -0.487 e. The van der Waals surface area contributed by atoms with Gasteiger partial charge < -0.3 is 9.72 Å². The fourth-order valence-electron chi connectivity index (χ4n) is 1.86. The Morgan fingerprint density at radius 1 is 1.28 bits per heavy atom. The van der Waals surface area contributed by atoms with E-state index in [1.54, 1.807) is 18.5 Å². The van der Waals surface area contributed by atoms with Gasteiger partial charge in [-0.2, -0.15) is 0 Å². The molecule has 0 aliphatic heterocycles. The van der Waals surface area contributed by atoms with Crippen molar-refractivity contribution in [1.29, 1.82) is 0 Å². The summed E-state index contributed by atoms with van der Waals surface area (Å²) < 4.78 is 18.8. The maximum absolute atomic E-state index is 13.2. The highest BCUT2D eigenvalue weighted by molar-refractivity contribution is 5.83. The van der Waals surface area contributed by atoms with E-state index in [4.69, 9.17) is 4.74 Å². The summed E-state index contributed by atoms with van der Waals surface area (Å²) in [6, 6.07) is 8.31. The van der Waals surface area contributed by atoms with Gasteiger partial charge in [0.15, 0.2) is 0 Å². The van der Waals surface area contributed by atoms with Gasteiger partial charge in [-0.25, -0.2) is 4.39 Å². The van der Waals surface area contributed by atoms with Crippen LogP contribution in [0.1, 0.15) is 5.56 Å². The topological polar surface area (TPSA) is 37.9 Å². The van der Waals surface area contributed by atoms with Gasteiger partial charge in [0, 0.05) is 28.9 Å². The molecule has 18 heavy (non-hydrogen) atoms. The predicted octanol–water partition coefficient (Wildman–Crippen LogP) is 3.28. The summed E-state index contributed by atoms with van der Waals surface area (Å²) in [4.78, 5) is 7.06. The zero-order valence-electron chi connectivity index (χ0n) is 9.56. The number of aromatic nitrogens is 2. The van der Waals surface area contributed by atoms with Crippen LogP contribution in [0.15, 0.2) is 48.9 Å². The number of hydrogen-bond donors (Lipinski definition) is 1. The molecule has 0 spiro atoms.